The number of amides is 1. The summed E-state index contributed by atoms with van der Waals surface area (Å²) in [5, 5.41) is 16.8. The highest BCUT2D eigenvalue weighted by molar-refractivity contribution is 5.95. The lowest BCUT2D eigenvalue weighted by Crippen LogP contribution is -2.33. The zero-order valence-electron chi connectivity index (χ0n) is 18.5. The van der Waals surface area contributed by atoms with E-state index in [0.29, 0.717) is 24.2 Å². The number of benzene rings is 4. The molecule has 0 radical (unpaired) electrons. The van der Waals surface area contributed by atoms with Crippen LogP contribution >= 0.6 is 0 Å². The zero-order valence-corrected chi connectivity index (χ0v) is 18.5. The summed E-state index contributed by atoms with van der Waals surface area (Å²) in [4.78, 5) is 13.0. The van der Waals surface area contributed by atoms with Crippen molar-refractivity contribution in [2.45, 2.75) is 25.1 Å². The Bertz CT molecular complexity index is 1310. The standard InChI is InChI=1S/C29H25FN2O2/c30-25-8-4-5-9-26(25)31-18-19-10-11-23-17-27(33)28(24(23)16-19)32-29(34)22-14-12-21(13-15-22)20-6-2-1-3-7-20/h1-16,27-28,31,33H,17-18H2,(H,32,34)/t27-,28-/m1/s1. The minimum Gasteiger partial charge on any atom is -0.390 e. The molecule has 0 saturated heterocycles. The van der Waals surface area contributed by atoms with Crippen LogP contribution in [0, 0.1) is 5.82 Å². The first-order valence-electron chi connectivity index (χ1n) is 11.3. The molecule has 2 atom stereocenters. The molecule has 0 bridgehead atoms. The predicted octanol–water partition coefficient (Wildman–Crippen LogP) is 5.49. The average Bonchev–Trinajstić information content (AvgIpc) is 3.18. The fourth-order valence-electron chi connectivity index (χ4n) is 4.43. The van der Waals surface area contributed by atoms with Crippen LogP contribution in [0.4, 0.5) is 10.1 Å². The Morgan fingerprint density at radius 2 is 1.59 bits per heavy atom. The van der Waals surface area contributed by atoms with E-state index in [-0.39, 0.29) is 11.7 Å². The van der Waals surface area contributed by atoms with Crippen molar-refractivity contribution in [2.24, 2.45) is 0 Å². The highest BCUT2D eigenvalue weighted by atomic mass is 19.1. The summed E-state index contributed by atoms with van der Waals surface area (Å²) in [7, 11) is 0. The Balaban J connectivity index is 1.30. The molecule has 4 aromatic rings. The lowest BCUT2D eigenvalue weighted by molar-refractivity contribution is 0.0858. The molecule has 0 fully saturated rings. The third kappa shape index (κ3) is 4.56. The number of hydrogen-bond donors (Lipinski definition) is 3. The maximum absolute atomic E-state index is 13.9. The van der Waals surface area contributed by atoms with Gasteiger partial charge in [-0.25, -0.2) is 4.39 Å². The van der Waals surface area contributed by atoms with Crippen molar-refractivity contribution in [3.8, 4) is 11.1 Å². The number of nitrogens with one attached hydrogen (secondary N) is 2. The van der Waals surface area contributed by atoms with Gasteiger partial charge in [0.05, 0.1) is 17.8 Å². The first kappa shape index (κ1) is 21.9. The lowest BCUT2D eigenvalue weighted by atomic mass is 10.0. The topological polar surface area (TPSA) is 61.4 Å². The van der Waals surface area contributed by atoms with Crippen molar-refractivity contribution in [1.29, 1.82) is 0 Å². The van der Waals surface area contributed by atoms with E-state index < -0.39 is 12.1 Å². The van der Waals surface area contributed by atoms with Crippen molar-refractivity contribution >= 4 is 11.6 Å². The SMILES string of the molecule is O=C(N[C@@H]1c2cc(CNc3ccccc3F)ccc2C[C@H]1O)c1ccc(-c2ccccc2)cc1. The van der Waals surface area contributed by atoms with Crippen molar-refractivity contribution in [3.63, 3.8) is 0 Å². The Hall–Kier alpha value is -3.96. The van der Waals surface area contributed by atoms with Crippen LogP contribution in [0.3, 0.4) is 0 Å². The molecule has 0 heterocycles. The van der Waals surface area contributed by atoms with Gasteiger partial charge in [0.2, 0.25) is 0 Å². The number of aliphatic hydroxyl groups is 1. The first-order valence-corrected chi connectivity index (χ1v) is 11.3. The van der Waals surface area contributed by atoms with Gasteiger partial charge in [-0.15, -0.1) is 0 Å². The van der Waals surface area contributed by atoms with Gasteiger partial charge < -0.3 is 15.7 Å². The minimum absolute atomic E-state index is 0.230. The molecule has 1 amide bonds. The maximum Gasteiger partial charge on any atom is 0.251 e. The molecule has 1 aliphatic rings. The number of rotatable bonds is 6. The molecule has 0 spiro atoms. The molecule has 170 valence electrons. The fraction of sp³-hybridized carbons (Fsp3) is 0.138. The highest BCUT2D eigenvalue weighted by Gasteiger charge is 2.32. The second-order valence-corrected chi connectivity index (χ2v) is 8.53. The molecular formula is C29H25FN2O2. The van der Waals surface area contributed by atoms with E-state index in [9.17, 15) is 14.3 Å². The summed E-state index contributed by atoms with van der Waals surface area (Å²) in [6, 6.07) is 29.4. The molecule has 5 heteroatoms. The van der Waals surface area contributed by atoms with Crippen LogP contribution < -0.4 is 10.6 Å². The van der Waals surface area contributed by atoms with Gasteiger partial charge >= 0.3 is 0 Å². The molecule has 4 aromatic carbocycles. The van der Waals surface area contributed by atoms with Crippen LogP contribution in [0.15, 0.2) is 97.1 Å². The van der Waals surface area contributed by atoms with Crippen molar-refractivity contribution < 1.29 is 14.3 Å². The van der Waals surface area contributed by atoms with Crippen molar-refractivity contribution in [1.82, 2.24) is 5.32 Å². The largest absolute Gasteiger partial charge is 0.390 e. The fourth-order valence-corrected chi connectivity index (χ4v) is 4.43. The summed E-state index contributed by atoms with van der Waals surface area (Å²) in [5.41, 5.74) is 5.95. The van der Waals surface area contributed by atoms with Gasteiger partial charge in [-0.3, -0.25) is 4.79 Å². The number of anilines is 1. The number of para-hydroxylation sites is 1. The monoisotopic (exact) mass is 452 g/mol. The number of hydrogen-bond acceptors (Lipinski definition) is 3. The summed E-state index contributed by atoms with van der Waals surface area (Å²) in [5.74, 6) is -0.533. The van der Waals surface area contributed by atoms with Gasteiger partial charge in [-0.2, -0.15) is 0 Å². The smallest absolute Gasteiger partial charge is 0.251 e. The van der Waals surface area contributed by atoms with Crippen LogP contribution in [0.2, 0.25) is 0 Å². The molecule has 3 N–H and O–H groups in total. The Kier molecular flexibility index (Phi) is 6.11. The number of halogens is 1. The van der Waals surface area contributed by atoms with E-state index >= 15 is 0 Å². The van der Waals surface area contributed by atoms with Gasteiger partial charge in [0.15, 0.2) is 0 Å². The molecule has 5 rings (SSSR count). The molecule has 0 aromatic heterocycles. The Morgan fingerprint density at radius 1 is 0.882 bits per heavy atom. The van der Waals surface area contributed by atoms with Crippen LogP contribution in [0.5, 0.6) is 0 Å². The number of carbonyl (C=O) groups is 1. The zero-order chi connectivity index (χ0) is 23.5. The van der Waals surface area contributed by atoms with Crippen LogP contribution in [-0.4, -0.2) is 17.1 Å². The van der Waals surface area contributed by atoms with E-state index in [4.69, 9.17) is 0 Å². The van der Waals surface area contributed by atoms with Crippen molar-refractivity contribution in [2.75, 3.05) is 5.32 Å². The van der Waals surface area contributed by atoms with E-state index in [1.165, 1.54) is 6.07 Å². The normalized spacial score (nSPS) is 16.6. The summed E-state index contributed by atoms with van der Waals surface area (Å²) in [6.07, 6.45) is -0.217. The Morgan fingerprint density at radius 3 is 2.35 bits per heavy atom. The second-order valence-electron chi connectivity index (χ2n) is 8.53. The maximum atomic E-state index is 13.9. The highest BCUT2D eigenvalue weighted by Crippen LogP contribution is 2.33. The quantitative estimate of drug-likeness (QED) is 0.362. The van der Waals surface area contributed by atoms with Crippen LogP contribution in [-0.2, 0) is 13.0 Å². The predicted molar refractivity (Wildman–Crippen MR) is 132 cm³/mol. The summed E-state index contributed by atoms with van der Waals surface area (Å²) in [6.45, 7) is 0.436. The summed E-state index contributed by atoms with van der Waals surface area (Å²) < 4.78 is 13.9. The van der Waals surface area contributed by atoms with E-state index in [1.807, 2.05) is 60.7 Å². The van der Waals surface area contributed by atoms with Crippen molar-refractivity contribution in [3.05, 3.63) is 125 Å². The molecule has 4 nitrogen and oxygen atoms in total. The second kappa shape index (κ2) is 9.49. The number of aliphatic hydroxyl groups excluding tert-OH is 1. The molecule has 0 unspecified atom stereocenters. The van der Waals surface area contributed by atoms with Gasteiger partial charge in [-0.05, 0) is 52.1 Å². The van der Waals surface area contributed by atoms with Gasteiger partial charge in [0.25, 0.3) is 5.91 Å². The third-order valence-electron chi connectivity index (χ3n) is 6.26. The van der Waals surface area contributed by atoms with Crippen LogP contribution in [0.1, 0.15) is 33.1 Å². The lowest BCUT2D eigenvalue weighted by Gasteiger charge is -2.19. The molecular weight excluding hydrogens is 427 g/mol. The number of fused-ring (bicyclic) bond motifs is 1. The average molecular weight is 453 g/mol. The Labute approximate surface area is 198 Å². The number of carbonyl (C=O) groups excluding carboxylic acids is 1. The minimum atomic E-state index is -0.697. The molecule has 34 heavy (non-hydrogen) atoms. The molecule has 0 aliphatic heterocycles. The van der Waals surface area contributed by atoms with E-state index in [0.717, 1.165) is 27.8 Å². The third-order valence-corrected chi connectivity index (χ3v) is 6.26. The summed E-state index contributed by atoms with van der Waals surface area (Å²) >= 11 is 0. The molecule has 0 saturated carbocycles. The van der Waals surface area contributed by atoms with E-state index in [1.54, 1.807) is 30.3 Å². The van der Waals surface area contributed by atoms with Crippen LogP contribution in [0.25, 0.3) is 11.1 Å². The van der Waals surface area contributed by atoms with Gasteiger partial charge in [0.1, 0.15) is 5.82 Å². The van der Waals surface area contributed by atoms with Gasteiger partial charge in [0, 0.05) is 18.5 Å². The first-order chi connectivity index (χ1) is 16.6. The molecule has 1 aliphatic carbocycles. The van der Waals surface area contributed by atoms with Gasteiger partial charge in [-0.1, -0.05) is 72.8 Å². The van der Waals surface area contributed by atoms with E-state index in [2.05, 4.69) is 10.6 Å².